The van der Waals surface area contributed by atoms with Crippen molar-refractivity contribution in [3.8, 4) is 0 Å². The van der Waals surface area contributed by atoms with E-state index in [0.717, 1.165) is 25.9 Å². The van der Waals surface area contributed by atoms with Crippen molar-refractivity contribution in [1.82, 2.24) is 9.88 Å². The number of aromatic nitrogens is 1. The number of nitrogens with zero attached hydrogens (tertiary/aromatic N) is 1. The number of rotatable bonds is 6. The lowest BCUT2D eigenvalue weighted by Crippen LogP contribution is -2.48. The first-order valence-corrected chi connectivity index (χ1v) is 10.4. The summed E-state index contributed by atoms with van der Waals surface area (Å²) < 4.78 is 0. The number of carbonyl (C=O) groups is 1. The number of benzene rings is 1. The molecular formula is C23H31N3O. The summed E-state index contributed by atoms with van der Waals surface area (Å²) in [4.78, 5) is 18.0. The van der Waals surface area contributed by atoms with Crippen LogP contribution in [0.15, 0.2) is 24.4 Å². The summed E-state index contributed by atoms with van der Waals surface area (Å²) in [7, 11) is 0. The van der Waals surface area contributed by atoms with Gasteiger partial charge in [0.1, 0.15) is 0 Å². The summed E-state index contributed by atoms with van der Waals surface area (Å²) in [5, 5.41) is 1.36. The van der Waals surface area contributed by atoms with Gasteiger partial charge in [-0.1, -0.05) is 39.3 Å². The third kappa shape index (κ3) is 3.00. The number of carbonyl (C=O) groups excluding carboxylic acids is 1. The summed E-state index contributed by atoms with van der Waals surface area (Å²) >= 11 is 0. The zero-order valence-corrected chi connectivity index (χ0v) is 16.7. The molecule has 27 heavy (non-hydrogen) atoms. The number of H-pyrrole nitrogens is 1. The molecule has 3 atom stereocenters. The molecule has 2 aliphatic rings. The first kappa shape index (κ1) is 18.3. The van der Waals surface area contributed by atoms with Gasteiger partial charge in [-0.3, -0.25) is 9.69 Å². The molecule has 0 spiro atoms. The lowest BCUT2D eigenvalue weighted by atomic mass is 9.75. The number of primary amides is 1. The first-order chi connectivity index (χ1) is 13.0. The fourth-order valence-corrected chi connectivity index (χ4v) is 5.14. The molecule has 1 amide bonds. The highest BCUT2D eigenvalue weighted by molar-refractivity contribution is 6.00. The van der Waals surface area contributed by atoms with E-state index in [1.165, 1.54) is 46.0 Å². The highest BCUT2D eigenvalue weighted by Crippen LogP contribution is 2.45. The van der Waals surface area contributed by atoms with Crippen LogP contribution in [0.5, 0.6) is 0 Å². The van der Waals surface area contributed by atoms with Crippen molar-refractivity contribution >= 4 is 22.4 Å². The van der Waals surface area contributed by atoms with Crippen LogP contribution in [0.2, 0.25) is 0 Å². The van der Waals surface area contributed by atoms with Crippen molar-refractivity contribution in [1.29, 1.82) is 0 Å². The van der Waals surface area contributed by atoms with Crippen molar-refractivity contribution in [2.24, 2.45) is 11.7 Å². The van der Waals surface area contributed by atoms with Crippen LogP contribution in [0.25, 0.3) is 16.5 Å². The first-order valence-electron chi connectivity index (χ1n) is 10.4. The Balaban J connectivity index is 1.93. The predicted molar refractivity (Wildman–Crippen MR) is 112 cm³/mol. The van der Waals surface area contributed by atoms with Gasteiger partial charge in [-0.15, -0.1) is 0 Å². The van der Waals surface area contributed by atoms with Gasteiger partial charge in [0.05, 0.1) is 5.92 Å². The second kappa shape index (κ2) is 7.16. The SMILES string of the molecule is CCC[C@@H](C)c1ccc2[nH]cc3c2c1C1=CC(C(N)=O)CN(CCC)C1C3. The Morgan fingerprint density at radius 1 is 1.33 bits per heavy atom. The standard InChI is InChI=1S/C23H31N3O/c1-4-6-14(3)17-7-8-19-21-15(12-25-19)11-20-18(22(17)21)10-16(23(24)27)13-26(20)9-5-2/h7-8,10,12,14,16,20,25H,4-6,9,11,13H2,1-3H3,(H2,24,27)/t14-,16?,20?/m1/s1. The Hall–Kier alpha value is -2.07. The van der Waals surface area contributed by atoms with Gasteiger partial charge in [0.25, 0.3) is 0 Å². The van der Waals surface area contributed by atoms with Crippen molar-refractivity contribution < 1.29 is 4.79 Å². The van der Waals surface area contributed by atoms with Gasteiger partial charge >= 0.3 is 0 Å². The Bertz CT molecular complexity index is 894. The highest BCUT2D eigenvalue weighted by atomic mass is 16.1. The second-order valence-electron chi connectivity index (χ2n) is 8.30. The van der Waals surface area contributed by atoms with Gasteiger partial charge in [0.2, 0.25) is 5.91 Å². The molecule has 0 bridgehead atoms. The van der Waals surface area contributed by atoms with Crippen LogP contribution in [-0.4, -0.2) is 34.9 Å². The predicted octanol–water partition coefficient (Wildman–Crippen LogP) is 4.21. The molecule has 0 saturated heterocycles. The van der Waals surface area contributed by atoms with Gasteiger partial charge in [-0.05, 0) is 60.1 Å². The summed E-state index contributed by atoms with van der Waals surface area (Å²) in [6.45, 7) is 8.53. The minimum Gasteiger partial charge on any atom is -0.369 e. The molecule has 1 aliphatic heterocycles. The summed E-state index contributed by atoms with van der Waals surface area (Å²) in [5.41, 5.74) is 12.5. The van der Waals surface area contributed by atoms with Crippen LogP contribution in [0.1, 0.15) is 62.6 Å². The molecule has 0 saturated carbocycles. The van der Waals surface area contributed by atoms with Gasteiger partial charge in [0.15, 0.2) is 0 Å². The molecule has 0 fully saturated rings. The number of amides is 1. The van der Waals surface area contributed by atoms with Crippen LogP contribution < -0.4 is 5.73 Å². The molecule has 4 nitrogen and oxygen atoms in total. The maximum absolute atomic E-state index is 12.1. The maximum Gasteiger partial charge on any atom is 0.225 e. The quantitative estimate of drug-likeness (QED) is 0.805. The van der Waals surface area contributed by atoms with Crippen molar-refractivity contribution in [2.45, 2.75) is 58.4 Å². The Morgan fingerprint density at radius 2 is 2.15 bits per heavy atom. The average molecular weight is 366 g/mol. The highest BCUT2D eigenvalue weighted by Gasteiger charge is 2.37. The van der Waals surface area contributed by atoms with Crippen LogP contribution >= 0.6 is 0 Å². The molecule has 0 radical (unpaired) electrons. The largest absolute Gasteiger partial charge is 0.369 e. The summed E-state index contributed by atoms with van der Waals surface area (Å²) in [6, 6.07) is 4.87. The summed E-state index contributed by atoms with van der Waals surface area (Å²) in [6.07, 6.45) is 8.81. The molecule has 1 aliphatic carbocycles. The van der Waals surface area contributed by atoms with E-state index in [2.05, 4.69) is 55.1 Å². The van der Waals surface area contributed by atoms with Crippen molar-refractivity contribution in [3.63, 3.8) is 0 Å². The molecule has 144 valence electrons. The Labute approximate surface area is 161 Å². The molecule has 1 aromatic carbocycles. The number of hydrogen-bond acceptors (Lipinski definition) is 2. The van der Waals surface area contributed by atoms with E-state index in [-0.39, 0.29) is 11.8 Å². The third-order valence-electron chi connectivity index (χ3n) is 6.40. The van der Waals surface area contributed by atoms with E-state index < -0.39 is 0 Å². The van der Waals surface area contributed by atoms with E-state index >= 15 is 0 Å². The zero-order valence-electron chi connectivity index (χ0n) is 16.7. The van der Waals surface area contributed by atoms with Gasteiger partial charge in [-0.25, -0.2) is 0 Å². The topological polar surface area (TPSA) is 62.1 Å². The number of fused-ring (bicyclic) bond motifs is 2. The smallest absolute Gasteiger partial charge is 0.225 e. The Kier molecular flexibility index (Phi) is 4.85. The van der Waals surface area contributed by atoms with E-state index in [4.69, 9.17) is 5.73 Å². The van der Waals surface area contributed by atoms with E-state index in [1.807, 2.05) is 0 Å². The minimum absolute atomic E-state index is 0.201. The maximum atomic E-state index is 12.1. The lowest BCUT2D eigenvalue weighted by molar-refractivity contribution is -0.121. The van der Waals surface area contributed by atoms with Crippen molar-refractivity contribution in [3.05, 3.63) is 41.1 Å². The van der Waals surface area contributed by atoms with Crippen LogP contribution in [0.3, 0.4) is 0 Å². The molecule has 4 rings (SSSR count). The third-order valence-corrected chi connectivity index (χ3v) is 6.40. The minimum atomic E-state index is -0.211. The summed E-state index contributed by atoms with van der Waals surface area (Å²) in [5.74, 6) is 0.0931. The van der Waals surface area contributed by atoms with E-state index in [1.54, 1.807) is 0 Å². The second-order valence-corrected chi connectivity index (χ2v) is 8.30. The number of aromatic amines is 1. The average Bonchev–Trinajstić information content (AvgIpc) is 3.06. The fraction of sp³-hybridized carbons (Fsp3) is 0.522. The van der Waals surface area contributed by atoms with Crippen LogP contribution in [0, 0.1) is 5.92 Å². The Morgan fingerprint density at radius 3 is 2.85 bits per heavy atom. The fourth-order valence-electron chi connectivity index (χ4n) is 5.14. The molecule has 2 heterocycles. The number of nitrogens with two attached hydrogens (primary N) is 1. The van der Waals surface area contributed by atoms with Gasteiger partial charge < -0.3 is 10.7 Å². The van der Waals surface area contributed by atoms with E-state index in [0.29, 0.717) is 12.0 Å². The van der Waals surface area contributed by atoms with Crippen molar-refractivity contribution in [2.75, 3.05) is 13.1 Å². The monoisotopic (exact) mass is 365 g/mol. The number of nitrogens with one attached hydrogen (secondary N) is 1. The van der Waals surface area contributed by atoms with Gasteiger partial charge in [0, 0.05) is 29.7 Å². The molecule has 1 aromatic heterocycles. The van der Waals surface area contributed by atoms with Crippen LogP contribution in [0.4, 0.5) is 0 Å². The molecule has 3 N–H and O–H groups in total. The molecule has 2 unspecified atom stereocenters. The lowest BCUT2D eigenvalue weighted by Gasteiger charge is -2.42. The van der Waals surface area contributed by atoms with E-state index in [9.17, 15) is 4.79 Å². The van der Waals surface area contributed by atoms with Crippen LogP contribution in [-0.2, 0) is 11.2 Å². The molecule has 2 aromatic rings. The number of hydrogen-bond donors (Lipinski definition) is 2. The molecule has 4 heteroatoms. The van der Waals surface area contributed by atoms with Gasteiger partial charge in [-0.2, -0.15) is 0 Å². The zero-order chi connectivity index (χ0) is 19.1. The normalized spacial score (nSPS) is 23.1. The molecular weight excluding hydrogens is 334 g/mol.